The number of carbonyl (C=O) groups is 1. The molecule has 0 spiro atoms. The molecule has 6 nitrogen and oxygen atoms in total. The van der Waals surface area contributed by atoms with Gasteiger partial charge in [-0.25, -0.2) is 0 Å². The van der Waals surface area contributed by atoms with E-state index in [0.717, 1.165) is 37.7 Å². The summed E-state index contributed by atoms with van der Waals surface area (Å²) in [5, 5.41) is 30.4. The number of hydrogen-bond donors (Lipinski definition) is 3. The topological polar surface area (TPSA) is 96.2 Å². The third kappa shape index (κ3) is 6.88. The lowest BCUT2D eigenvalue weighted by atomic mass is 9.88. The molecule has 0 saturated heterocycles. The highest BCUT2D eigenvalue weighted by Crippen LogP contribution is 2.43. The van der Waals surface area contributed by atoms with Crippen LogP contribution in [-0.4, -0.2) is 53.0 Å². The second-order valence-electron chi connectivity index (χ2n) is 8.99. The molecule has 3 rings (SSSR count). The number of aliphatic carboxylic acids is 1. The van der Waals surface area contributed by atoms with Gasteiger partial charge in [-0.05, 0) is 42.4 Å². The van der Waals surface area contributed by atoms with Crippen LogP contribution in [0.15, 0.2) is 36.4 Å². The lowest BCUT2D eigenvalue weighted by Gasteiger charge is -2.30. The first kappa shape index (κ1) is 23.9. The van der Waals surface area contributed by atoms with E-state index in [4.69, 9.17) is 14.6 Å². The molecule has 1 fully saturated rings. The van der Waals surface area contributed by atoms with Crippen LogP contribution in [0.3, 0.4) is 0 Å². The summed E-state index contributed by atoms with van der Waals surface area (Å²) in [6, 6.07) is 8.13. The van der Waals surface area contributed by atoms with Gasteiger partial charge in [-0.1, -0.05) is 49.6 Å². The zero-order valence-electron chi connectivity index (χ0n) is 18.4. The van der Waals surface area contributed by atoms with Crippen LogP contribution in [0, 0.1) is 11.8 Å². The van der Waals surface area contributed by atoms with Crippen molar-refractivity contribution >= 4 is 5.97 Å². The number of carboxylic acids is 1. The van der Waals surface area contributed by atoms with E-state index in [1.807, 2.05) is 18.2 Å². The highest BCUT2D eigenvalue weighted by molar-refractivity contribution is 5.66. The first-order chi connectivity index (χ1) is 14.9. The largest absolute Gasteiger partial charge is 0.481 e. The van der Waals surface area contributed by atoms with Gasteiger partial charge in [0, 0.05) is 32.3 Å². The number of hydrogen-bond acceptors (Lipinski definition) is 5. The molecule has 1 aromatic carbocycles. The van der Waals surface area contributed by atoms with Crippen molar-refractivity contribution in [1.29, 1.82) is 0 Å². The zero-order chi connectivity index (χ0) is 22.3. The maximum Gasteiger partial charge on any atom is 0.303 e. The van der Waals surface area contributed by atoms with E-state index in [1.165, 1.54) is 5.56 Å². The molecular weight excluding hydrogens is 396 g/mol. The average molecular weight is 433 g/mol. The molecule has 31 heavy (non-hydrogen) atoms. The predicted octanol–water partition coefficient (Wildman–Crippen LogP) is 3.48. The fourth-order valence-corrected chi connectivity index (χ4v) is 4.97. The van der Waals surface area contributed by atoms with Gasteiger partial charge in [0.1, 0.15) is 0 Å². The lowest BCUT2D eigenvalue weighted by molar-refractivity contribution is -0.202. The van der Waals surface area contributed by atoms with Crippen LogP contribution in [0.1, 0.15) is 56.1 Å². The number of fused-ring (bicyclic) bond motifs is 2. The molecular formula is C25H36O6. The van der Waals surface area contributed by atoms with E-state index in [9.17, 15) is 15.0 Å². The number of aliphatic hydroxyl groups is 2. The summed E-state index contributed by atoms with van der Waals surface area (Å²) >= 11 is 0. The molecule has 1 aromatic rings. The SMILES string of the molecule is COCCc1cccc(CC2(O)C=C[C@H]3[C@@H](O)CC(O2)[C@@H]3CCCCCCC(=O)O)c1. The number of benzene rings is 1. The van der Waals surface area contributed by atoms with Gasteiger partial charge < -0.3 is 24.8 Å². The summed E-state index contributed by atoms with van der Waals surface area (Å²) in [5.41, 5.74) is 2.17. The van der Waals surface area contributed by atoms with Crippen LogP contribution in [0.5, 0.6) is 0 Å². The van der Waals surface area contributed by atoms with Gasteiger partial charge in [0.15, 0.2) is 5.79 Å². The molecule has 1 aliphatic heterocycles. The maximum absolute atomic E-state index is 11.2. The standard InChI is InChI=1S/C25H36O6/c1-30-14-12-18-7-6-8-19(15-18)17-25(29)13-11-20-21(23(31-25)16-22(20)26)9-4-2-3-5-10-24(27)28/h6-8,11,13,15,20-23,26,29H,2-5,9-10,12,14,16-17H2,1H3,(H,27,28)/t20-,21-,22+,23?,25?/m1/s1. The van der Waals surface area contributed by atoms with Crippen molar-refractivity contribution in [2.24, 2.45) is 11.8 Å². The van der Waals surface area contributed by atoms with Crippen molar-refractivity contribution < 1.29 is 29.6 Å². The third-order valence-corrected chi connectivity index (χ3v) is 6.55. The lowest BCUT2D eigenvalue weighted by Crippen LogP contribution is -2.37. The minimum absolute atomic E-state index is 0.00826. The van der Waals surface area contributed by atoms with Crippen LogP contribution in [-0.2, 0) is 27.1 Å². The fraction of sp³-hybridized carbons (Fsp3) is 0.640. The molecule has 0 aromatic heterocycles. The molecule has 2 unspecified atom stereocenters. The minimum atomic E-state index is -1.38. The van der Waals surface area contributed by atoms with Crippen molar-refractivity contribution in [3.8, 4) is 0 Å². The first-order valence-corrected chi connectivity index (χ1v) is 11.5. The minimum Gasteiger partial charge on any atom is -0.481 e. The van der Waals surface area contributed by atoms with Crippen molar-refractivity contribution in [1.82, 2.24) is 0 Å². The van der Waals surface area contributed by atoms with Gasteiger partial charge in [-0.2, -0.15) is 0 Å². The Kier molecular flexibility index (Phi) is 8.67. The van der Waals surface area contributed by atoms with Gasteiger partial charge in [0.25, 0.3) is 0 Å². The van der Waals surface area contributed by atoms with Gasteiger partial charge >= 0.3 is 5.97 Å². The van der Waals surface area contributed by atoms with Crippen LogP contribution in [0.25, 0.3) is 0 Å². The summed E-state index contributed by atoms with van der Waals surface area (Å²) in [5.74, 6) is -1.95. The van der Waals surface area contributed by atoms with Crippen LogP contribution in [0.4, 0.5) is 0 Å². The Bertz CT molecular complexity index is 747. The Morgan fingerprint density at radius 2 is 2.00 bits per heavy atom. The molecule has 6 heteroatoms. The highest BCUT2D eigenvalue weighted by atomic mass is 16.6. The number of carboxylic acid groups (broad SMARTS) is 1. The number of methoxy groups -OCH3 is 1. The first-order valence-electron chi connectivity index (χ1n) is 11.5. The molecule has 0 amide bonds. The van der Waals surface area contributed by atoms with Gasteiger partial charge in [-0.3, -0.25) is 4.79 Å². The Morgan fingerprint density at radius 3 is 2.77 bits per heavy atom. The Hall–Kier alpha value is -1.73. The van der Waals surface area contributed by atoms with Crippen molar-refractivity contribution in [3.63, 3.8) is 0 Å². The van der Waals surface area contributed by atoms with E-state index < -0.39 is 17.9 Å². The highest BCUT2D eigenvalue weighted by Gasteiger charge is 2.47. The van der Waals surface area contributed by atoms with E-state index in [-0.39, 0.29) is 24.4 Å². The summed E-state index contributed by atoms with van der Waals surface area (Å²) < 4.78 is 11.4. The Balaban J connectivity index is 1.58. The van der Waals surface area contributed by atoms with Gasteiger partial charge in [0.05, 0.1) is 18.8 Å². The molecule has 5 atom stereocenters. The number of unbranched alkanes of at least 4 members (excludes halogenated alkanes) is 3. The second-order valence-corrected chi connectivity index (χ2v) is 8.99. The van der Waals surface area contributed by atoms with E-state index in [1.54, 1.807) is 13.2 Å². The molecule has 3 N–H and O–H groups in total. The number of ether oxygens (including phenoxy) is 2. The van der Waals surface area contributed by atoms with E-state index in [2.05, 4.69) is 12.1 Å². The summed E-state index contributed by atoms with van der Waals surface area (Å²) in [6.07, 6.45) is 9.45. The van der Waals surface area contributed by atoms with Crippen LogP contribution >= 0.6 is 0 Å². The third-order valence-electron chi connectivity index (χ3n) is 6.55. The van der Waals surface area contributed by atoms with E-state index in [0.29, 0.717) is 25.9 Å². The molecule has 1 aliphatic carbocycles. The molecule has 2 bridgehead atoms. The molecule has 2 aliphatic rings. The van der Waals surface area contributed by atoms with Gasteiger partial charge in [0.2, 0.25) is 0 Å². The summed E-state index contributed by atoms with van der Waals surface area (Å²) in [4.78, 5) is 10.6. The second kappa shape index (κ2) is 11.2. The fourth-order valence-electron chi connectivity index (χ4n) is 4.97. The molecule has 1 heterocycles. The van der Waals surface area contributed by atoms with Crippen LogP contribution in [0.2, 0.25) is 0 Å². The molecule has 1 saturated carbocycles. The van der Waals surface area contributed by atoms with Crippen molar-refractivity contribution in [3.05, 3.63) is 47.5 Å². The summed E-state index contributed by atoms with van der Waals surface area (Å²) in [7, 11) is 1.69. The van der Waals surface area contributed by atoms with Crippen molar-refractivity contribution in [2.75, 3.05) is 13.7 Å². The average Bonchev–Trinajstić information content (AvgIpc) is 2.92. The van der Waals surface area contributed by atoms with Crippen LogP contribution < -0.4 is 0 Å². The van der Waals surface area contributed by atoms with Crippen molar-refractivity contribution in [2.45, 2.75) is 75.8 Å². The monoisotopic (exact) mass is 432 g/mol. The van der Waals surface area contributed by atoms with Gasteiger partial charge in [-0.15, -0.1) is 0 Å². The normalized spacial score (nSPS) is 29.8. The summed E-state index contributed by atoms with van der Waals surface area (Å²) in [6.45, 7) is 0.657. The number of aliphatic hydroxyl groups excluding tert-OH is 1. The number of rotatable bonds is 12. The Morgan fingerprint density at radius 1 is 1.23 bits per heavy atom. The molecule has 172 valence electrons. The quantitative estimate of drug-likeness (QED) is 0.346. The van der Waals surface area contributed by atoms with E-state index >= 15 is 0 Å². The maximum atomic E-state index is 11.2. The molecule has 0 radical (unpaired) electrons. The zero-order valence-corrected chi connectivity index (χ0v) is 18.4. The Labute approximate surface area is 184 Å². The predicted molar refractivity (Wildman–Crippen MR) is 118 cm³/mol. The smallest absolute Gasteiger partial charge is 0.303 e.